The first-order valence-corrected chi connectivity index (χ1v) is 6.61. The van der Waals surface area contributed by atoms with Crippen molar-refractivity contribution in [1.29, 1.82) is 5.26 Å². The zero-order valence-electron chi connectivity index (χ0n) is 11.5. The zero-order chi connectivity index (χ0) is 14.4. The van der Waals surface area contributed by atoms with Crippen LogP contribution in [0.3, 0.4) is 0 Å². The number of hydrogen-bond acceptors (Lipinski definition) is 3. The molecule has 0 aliphatic rings. The SMILES string of the molecule is CNCc1cccc2c1ccn2CC(=O)NCCC#N. The van der Waals surface area contributed by atoms with Crippen molar-refractivity contribution in [2.45, 2.75) is 19.5 Å². The van der Waals surface area contributed by atoms with Crippen LogP contribution in [0.25, 0.3) is 10.9 Å². The molecular weight excluding hydrogens is 252 g/mol. The fourth-order valence-corrected chi connectivity index (χ4v) is 2.24. The predicted octanol–water partition coefficient (Wildman–Crippen LogP) is 1.39. The lowest BCUT2D eigenvalue weighted by atomic mass is 10.1. The first-order chi connectivity index (χ1) is 9.76. The summed E-state index contributed by atoms with van der Waals surface area (Å²) in [5, 5.41) is 15.5. The second-order valence-electron chi connectivity index (χ2n) is 4.58. The average Bonchev–Trinajstić information content (AvgIpc) is 2.84. The van der Waals surface area contributed by atoms with E-state index < -0.39 is 0 Å². The maximum atomic E-state index is 11.8. The van der Waals surface area contributed by atoms with Crippen LogP contribution in [0.1, 0.15) is 12.0 Å². The van der Waals surface area contributed by atoms with E-state index in [0.717, 1.165) is 17.4 Å². The number of carbonyl (C=O) groups is 1. The Bertz CT molecular complexity index is 639. The normalized spacial score (nSPS) is 10.4. The summed E-state index contributed by atoms with van der Waals surface area (Å²) < 4.78 is 1.93. The maximum Gasteiger partial charge on any atom is 0.239 e. The zero-order valence-corrected chi connectivity index (χ0v) is 11.5. The molecule has 0 saturated carbocycles. The van der Waals surface area contributed by atoms with Gasteiger partial charge in [-0.15, -0.1) is 0 Å². The minimum atomic E-state index is -0.0724. The van der Waals surface area contributed by atoms with Crippen molar-refractivity contribution < 1.29 is 4.79 Å². The lowest BCUT2D eigenvalue weighted by molar-refractivity contribution is -0.121. The third-order valence-corrected chi connectivity index (χ3v) is 3.14. The minimum Gasteiger partial charge on any atom is -0.354 e. The highest BCUT2D eigenvalue weighted by Gasteiger charge is 2.08. The summed E-state index contributed by atoms with van der Waals surface area (Å²) in [6.07, 6.45) is 2.26. The van der Waals surface area contributed by atoms with E-state index in [1.54, 1.807) is 0 Å². The van der Waals surface area contributed by atoms with Gasteiger partial charge in [0.1, 0.15) is 6.54 Å². The Morgan fingerprint density at radius 1 is 1.40 bits per heavy atom. The Balaban J connectivity index is 2.13. The van der Waals surface area contributed by atoms with Crippen LogP contribution in [-0.2, 0) is 17.9 Å². The number of amides is 1. The number of nitrogens with zero attached hydrogens (tertiary/aromatic N) is 2. The third kappa shape index (κ3) is 3.16. The molecule has 5 nitrogen and oxygen atoms in total. The molecule has 104 valence electrons. The molecule has 5 heteroatoms. The van der Waals surface area contributed by atoms with Crippen molar-refractivity contribution in [3.8, 4) is 6.07 Å². The van der Waals surface area contributed by atoms with Crippen molar-refractivity contribution in [2.75, 3.05) is 13.6 Å². The van der Waals surface area contributed by atoms with Crippen LogP contribution in [0, 0.1) is 11.3 Å². The van der Waals surface area contributed by atoms with Gasteiger partial charge in [0.15, 0.2) is 0 Å². The van der Waals surface area contributed by atoms with Crippen molar-refractivity contribution in [3.05, 3.63) is 36.0 Å². The molecule has 0 atom stereocenters. The Morgan fingerprint density at radius 3 is 3.00 bits per heavy atom. The standard InChI is InChI=1S/C15H18N4O/c1-17-10-12-4-2-5-14-13(12)6-9-19(14)11-15(20)18-8-3-7-16/h2,4-6,9,17H,3,8,10-11H2,1H3,(H,18,20). The van der Waals surface area contributed by atoms with Gasteiger partial charge in [0.25, 0.3) is 0 Å². The largest absolute Gasteiger partial charge is 0.354 e. The van der Waals surface area contributed by atoms with Crippen molar-refractivity contribution in [3.63, 3.8) is 0 Å². The quantitative estimate of drug-likeness (QED) is 0.779. The number of nitrogens with one attached hydrogen (secondary N) is 2. The Morgan fingerprint density at radius 2 is 2.25 bits per heavy atom. The number of fused-ring (bicyclic) bond motifs is 1. The highest BCUT2D eigenvalue weighted by Crippen LogP contribution is 2.20. The van der Waals surface area contributed by atoms with E-state index in [0.29, 0.717) is 13.0 Å². The molecule has 0 aliphatic carbocycles. The summed E-state index contributed by atoms with van der Waals surface area (Å²) in [4.78, 5) is 11.8. The summed E-state index contributed by atoms with van der Waals surface area (Å²) in [5.41, 5.74) is 2.27. The van der Waals surface area contributed by atoms with E-state index in [2.05, 4.69) is 16.7 Å². The first-order valence-electron chi connectivity index (χ1n) is 6.61. The van der Waals surface area contributed by atoms with Crippen LogP contribution < -0.4 is 10.6 Å². The van der Waals surface area contributed by atoms with Crippen molar-refractivity contribution >= 4 is 16.8 Å². The molecule has 20 heavy (non-hydrogen) atoms. The lowest BCUT2D eigenvalue weighted by Crippen LogP contribution is -2.27. The topological polar surface area (TPSA) is 69.8 Å². The summed E-state index contributed by atoms with van der Waals surface area (Å²) in [7, 11) is 1.92. The third-order valence-electron chi connectivity index (χ3n) is 3.14. The molecule has 2 rings (SSSR count). The van der Waals surface area contributed by atoms with Gasteiger partial charge in [-0.25, -0.2) is 0 Å². The number of benzene rings is 1. The molecule has 2 aromatic rings. The monoisotopic (exact) mass is 270 g/mol. The molecule has 1 amide bonds. The van der Waals surface area contributed by atoms with Gasteiger partial charge in [0.2, 0.25) is 5.91 Å². The van der Waals surface area contributed by atoms with Gasteiger partial charge < -0.3 is 15.2 Å². The van der Waals surface area contributed by atoms with E-state index in [-0.39, 0.29) is 12.5 Å². The molecule has 1 aromatic carbocycles. The number of rotatable bonds is 6. The molecule has 0 fully saturated rings. The molecule has 0 spiro atoms. The molecule has 0 unspecified atom stereocenters. The average molecular weight is 270 g/mol. The second-order valence-corrected chi connectivity index (χ2v) is 4.58. The molecule has 0 aliphatic heterocycles. The van der Waals surface area contributed by atoms with E-state index in [1.807, 2.05) is 42.1 Å². The molecule has 0 radical (unpaired) electrons. The Kier molecular flexibility index (Phi) is 4.75. The fraction of sp³-hybridized carbons (Fsp3) is 0.333. The number of carbonyl (C=O) groups excluding carboxylic acids is 1. The number of aromatic nitrogens is 1. The fourth-order valence-electron chi connectivity index (χ4n) is 2.24. The molecule has 2 N–H and O–H groups in total. The second kappa shape index (κ2) is 6.73. The van der Waals surface area contributed by atoms with Gasteiger partial charge in [-0.05, 0) is 24.7 Å². The minimum absolute atomic E-state index is 0.0724. The van der Waals surface area contributed by atoms with Crippen LogP contribution in [0.5, 0.6) is 0 Å². The van der Waals surface area contributed by atoms with Gasteiger partial charge >= 0.3 is 0 Å². The van der Waals surface area contributed by atoms with Crippen LogP contribution >= 0.6 is 0 Å². The molecule has 0 saturated heterocycles. The number of nitriles is 1. The van der Waals surface area contributed by atoms with E-state index in [1.165, 1.54) is 5.56 Å². The number of hydrogen-bond donors (Lipinski definition) is 2. The summed E-state index contributed by atoms with van der Waals surface area (Å²) >= 11 is 0. The van der Waals surface area contributed by atoms with E-state index in [9.17, 15) is 4.79 Å². The summed E-state index contributed by atoms with van der Waals surface area (Å²) in [6.45, 7) is 1.48. The van der Waals surface area contributed by atoms with E-state index in [4.69, 9.17) is 5.26 Å². The highest BCUT2D eigenvalue weighted by molar-refractivity contribution is 5.85. The van der Waals surface area contributed by atoms with Crippen LogP contribution in [0.2, 0.25) is 0 Å². The molecule has 1 aromatic heterocycles. The van der Waals surface area contributed by atoms with Gasteiger partial charge in [-0.1, -0.05) is 12.1 Å². The van der Waals surface area contributed by atoms with Gasteiger partial charge in [0, 0.05) is 30.2 Å². The maximum absolute atomic E-state index is 11.8. The summed E-state index contributed by atoms with van der Waals surface area (Å²) in [5.74, 6) is -0.0724. The van der Waals surface area contributed by atoms with Crippen LogP contribution in [0.4, 0.5) is 0 Å². The van der Waals surface area contributed by atoms with Crippen molar-refractivity contribution in [2.24, 2.45) is 0 Å². The molecule has 0 bridgehead atoms. The van der Waals surface area contributed by atoms with Crippen LogP contribution in [-0.4, -0.2) is 24.1 Å². The van der Waals surface area contributed by atoms with Crippen LogP contribution in [0.15, 0.2) is 30.5 Å². The Hall–Kier alpha value is -2.32. The van der Waals surface area contributed by atoms with E-state index >= 15 is 0 Å². The van der Waals surface area contributed by atoms with Gasteiger partial charge in [-0.2, -0.15) is 5.26 Å². The Labute approximate surface area is 118 Å². The first kappa shape index (κ1) is 14.1. The van der Waals surface area contributed by atoms with Gasteiger partial charge in [-0.3, -0.25) is 4.79 Å². The van der Waals surface area contributed by atoms with Crippen molar-refractivity contribution in [1.82, 2.24) is 15.2 Å². The predicted molar refractivity (Wildman–Crippen MR) is 77.9 cm³/mol. The molecular formula is C15H18N4O. The lowest BCUT2D eigenvalue weighted by Gasteiger charge is -2.07. The van der Waals surface area contributed by atoms with Gasteiger partial charge in [0.05, 0.1) is 12.5 Å². The summed E-state index contributed by atoms with van der Waals surface area (Å²) in [6, 6.07) is 10.1. The molecule has 1 heterocycles. The smallest absolute Gasteiger partial charge is 0.239 e. The highest BCUT2D eigenvalue weighted by atomic mass is 16.1.